The molecule has 108 valence electrons. The summed E-state index contributed by atoms with van der Waals surface area (Å²) in [5.41, 5.74) is 0.573. The first-order valence-electron chi connectivity index (χ1n) is 7.61. The van der Waals surface area contributed by atoms with Crippen LogP contribution in [0, 0.1) is 5.41 Å². The molecule has 0 saturated heterocycles. The third-order valence-electron chi connectivity index (χ3n) is 4.08. The quantitative estimate of drug-likeness (QED) is 0.615. The van der Waals surface area contributed by atoms with Gasteiger partial charge >= 0.3 is 0 Å². The number of hydrogen-bond acceptors (Lipinski definition) is 3. The molecule has 0 unspecified atom stereocenters. The van der Waals surface area contributed by atoms with Crippen molar-refractivity contribution >= 4 is 11.8 Å². The molecule has 0 aromatic rings. The Morgan fingerprint density at radius 1 is 1.28 bits per heavy atom. The van der Waals surface area contributed by atoms with Gasteiger partial charge in [0.1, 0.15) is 0 Å². The Morgan fingerprint density at radius 2 is 2.00 bits per heavy atom. The van der Waals surface area contributed by atoms with Crippen LogP contribution in [0.15, 0.2) is 0 Å². The first kappa shape index (κ1) is 16.3. The molecule has 1 N–H and O–H groups in total. The van der Waals surface area contributed by atoms with Crippen LogP contribution in [-0.2, 0) is 0 Å². The molecule has 0 bridgehead atoms. The molecule has 0 atom stereocenters. The van der Waals surface area contributed by atoms with Crippen LogP contribution in [0.4, 0.5) is 0 Å². The van der Waals surface area contributed by atoms with Gasteiger partial charge in [0.25, 0.3) is 0 Å². The fourth-order valence-corrected chi connectivity index (χ4v) is 3.59. The SMILES string of the molecule is CCCNCC1(CN(C)CCCSC)CCCC1. The van der Waals surface area contributed by atoms with E-state index in [1.807, 2.05) is 11.8 Å². The van der Waals surface area contributed by atoms with Crippen molar-refractivity contribution in [3.8, 4) is 0 Å². The van der Waals surface area contributed by atoms with E-state index in [1.165, 1.54) is 70.5 Å². The molecular formula is C15H32N2S. The highest BCUT2D eigenvalue weighted by Crippen LogP contribution is 2.38. The maximum Gasteiger partial charge on any atom is 0.00471 e. The van der Waals surface area contributed by atoms with Gasteiger partial charge in [0.05, 0.1) is 0 Å². The lowest BCUT2D eigenvalue weighted by atomic mass is 9.85. The average molecular weight is 273 g/mol. The van der Waals surface area contributed by atoms with Crippen LogP contribution in [0.2, 0.25) is 0 Å². The van der Waals surface area contributed by atoms with E-state index in [2.05, 4.69) is 30.4 Å². The van der Waals surface area contributed by atoms with Gasteiger partial charge in [0, 0.05) is 13.1 Å². The molecule has 3 heteroatoms. The predicted octanol–water partition coefficient (Wildman–Crippen LogP) is 3.23. The predicted molar refractivity (Wildman–Crippen MR) is 84.6 cm³/mol. The van der Waals surface area contributed by atoms with Gasteiger partial charge in [-0.05, 0) is 63.2 Å². The van der Waals surface area contributed by atoms with Crippen LogP contribution < -0.4 is 5.32 Å². The van der Waals surface area contributed by atoms with Crippen molar-refractivity contribution in [2.45, 2.75) is 45.4 Å². The fraction of sp³-hybridized carbons (Fsp3) is 1.00. The Balaban J connectivity index is 2.31. The summed E-state index contributed by atoms with van der Waals surface area (Å²) in [5.74, 6) is 1.30. The van der Waals surface area contributed by atoms with Crippen molar-refractivity contribution < 1.29 is 0 Å². The average Bonchev–Trinajstić information content (AvgIpc) is 2.78. The summed E-state index contributed by atoms with van der Waals surface area (Å²) in [6, 6.07) is 0. The lowest BCUT2D eigenvalue weighted by Gasteiger charge is -2.34. The summed E-state index contributed by atoms with van der Waals surface area (Å²) in [6.07, 6.45) is 10.5. The number of thioether (sulfide) groups is 1. The molecule has 0 aromatic heterocycles. The number of hydrogen-bond donors (Lipinski definition) is 1. The molecule has 0 amide bonds. The summed E-state index contributed by atoms with van der Waals surface area (Å²) in [5, 5.41) is 3.66. The molecule has 1 saturated carbocycles. The molecule has 2 nitrogen and oxygen atoms in total. The molecule has 18 heavy (non-hydrogen) atoms. The molecular weight excluding hydrogens is 240 g/mol. The van der Waals surface area contributed by atoms with Crippen LogP contribution >= 0.6 is 11.8 Å². The largest absolute Gasteiger partial charge is 0.316 e. The van der Waals surface area contributed by atoms with E-state index in [9.17, 15) is 0 Å². The van der Waals surface area contributed by atoms with Crippen LogP contribution in [0.1, 0.15) is 45.4 Å². The van der Waals surface area contributed by atoms with Crippen molar-refractivity contribution in [1.29, 1.82) is 0 Å². The van der Waals surface area contributed by atoms with Crippen LogP contribution in [-0.4, -0.2) is 50.1 Å². The van der Waals surface area contributed by atoms with E-state index in [-0.39, 0.29) is 0 Å². The fourth-order valence-electron chi connectivity index (χ4n) is 3.18. The highest BCUT2D eigenvalue weighted by Gasteiger charge is 2.34. The van der Waals surface area contributed by atoms with E-state index in [0.29, 0.717) is 5.41 Å². The summed E-state index contributed by atoms with van der Waals surface area (Å²) >= 11 is 1.96. The van der Waals surface area contributed by atoms with Gasteiger partial charge in [-0.1, -0.05) is 19.8 Å². The van der Waals surface area contributed by atoms with E-state index in [1.54, 1.807) is 0 Å². The highest BCUT2D eigenvalue weighted by atomic mass is 32.2. The second kappa shape index (κ2) is 9.22. The zero-order valence-corrected chi connectivity index (χ0v) is 13.5. The second-order valence-corrected chi connectivity index (χ2v) is 6.95. The molecule has 1 aliphatic rings. The third kappa shape index (κ3) is 5.94. The Hall–Kier alpha value is 0.270. The van der Waals surface area contributed by atoms with Crippen molar-refractivity contribution in [3.05, 3.63) is 0 Å². The minimum absolute atomic E-state index is 0.573. The van der Waals surface area contributed by atoms with Gasteiger partial charge in [0.15, 0.2) is 0 Å². The lowest BCUT2D eigenvalue weighted by molar-refractivity contribution is 0.173. The van der Waals surface area contributed by atoms with Crippen LogP contribution in [0.25, 0.3) is 0 Å². The minimum atomic E-state index is 0.573. The number of nitrogens with zero attached hydrogens (tertiary/aromatic N) is 1. The summed E-state index contributed by atoms with van der Waals surface area (Å²) in [6.45, 7) is 7.21. The van der Waals surface area contributed by atoms with Crippen molar-refractivity contribution in [1.82, 2.24) is 10.2 Å². The second-order valence-electron chi connectivity index (χ2n) is 5.97. The van der Waals surface area contributed by atoms with E-state index >= 15 is 0 Å². The van der Waals surface area contributed by atoms with Gasteiger partial charge in [-0.2, -0.15) is 11.8 Å². The molecule has 1 aliphatic carbocycles. The van der Waals surface area contributed by atoms with E-state index in [0.717, 1.165) is 0 Å². The Labute approximate surface area is 118 Å². The molecule has 0 radical (unpaired) electrons. The zero-order chi connectivity index (χ0) is 13.3. The van der Waals surface area contributed by atoms with Crippen molar-refractivity contribution in [3.63, 3.8) is 0 Å². The summed E-state index contributed by atoms with van der Waals surface area (Å²) in [7, 11) is 2.31. The number of nitrogens with one attached hydrogen (secondary N) is 1. The van der Waals surface area contributed by atoms with Gasteiger partial charge in [0.2, 0.25) is 0 Å². The lowest BCUT2D eigenvalue weighted by Crippen LogP contribution is -2.41. The van der Waals surface area contributed by atoms with Gasteiger partial charge in [-0.25, -0.2) is 0 Å². The molecule has 0 aliphatic heterocycles. The zero-order valence-electron chi connectivity index (χ0n) is 12.6. The maximum atomic E-state index is 3.66. The minimum Gasteiger partial charge on any atom is -0.316 e. The molecule has 1 rings (SSSR count). The standard InChI is InChI=1S/C15H32N2S/c1-4-10-16-13-15(8-5-6-9-15)14-17(2)11-7-12-18-3/h16H,4-14H2,1-3H3. The molecule has 0 aromatic carbocycles. The van der Waals surface area contributed by atoms with Crippen molar-refractivity contribution in [2.75, 3.05) is 45.2 Å². The summed E-state index contributed by atoms with van der Waals surface area (Å²) in [4.78, 5) is 2.56. The van der Waals surface area contributed by atoms with Crippen molar-refractivity contribution in [2.24, 2.45) is 5.41 Å². The first-order chi connectivity index (χ1) is 8.72. The smallest absolute Gasteiger partial charge is 0.00471 e. The van der Waals surface area contributed by atoms with E-state index in [4.69, 9.17) is 0 Å². The molecule has 0 spiro atoms. The highest BCUT2D eigenvalue weighted by molar-refractivity contribution is 7.98. The molecule has 0 heterocycles. The maximum absolute atomic E-state index is 3.66. The van der Waals surface area contributed by atoms with E-state index < -0.39 is 0 Å². The third-order valence-corrected chi connectivity index (χ3v) is 4.78. The van der Waals surface area contributed by atoms with Gasteiger partial charge in [-0.3, -0.25) is 0 Å². The van der Waals surface area contributed by atoms with Crippen LogP contribution in [0.3, 0.4) is 0 Å². The van der Waals surface area contributed by atoms with Gasteiger partial charge < -0.3 is 10.2 Å². The number of rotatable bonds is 10. The monoisotopic (exact) mass is 272 g/mol. The summed E-state index contributed by atoms with van der Waals surface area (Å²) < 4.78 is 0. The van der Waals surface area contributed by atoms with Gasteiger partial charge in [-0.15, -0.1) is 0 Å². The van der Waals surface area contributed by atoms with Crippen LogP contribution in [0.5, 0.6) is 0 Å². The Morgan fingerprint density at radius 3 is 2.61 bits per heavy atom. The Bertz CT molecular complexity index is 203. The normalized spacial score (nSPS) is 18.7. The first-order valence-corrected chi connectivity index (χ1v) is 9.00. The Kier molecular flexibility index (Phi) is 8.36. The topological polar surface area (TPSA) is 15.3 Å². The molecule has 1 fully saturated rings.